The van der Waals surface area contributed by atoms with E-state index in [1.807, 2.05) is 69.4 Å². The Kier molecular flexibility index (Phi) is 16.7. The van der Waals surface area contributed by atoms with Gasteiger partial charge in [0.05, 0.1) is 12.5 Å². The summed E-state index contributed by atoms with van der Waals surface area (Å²) < 4.78 is 34.7. The lowest BCUT2D eigenvalue weighted by Crippen LogP contribution is -2.60. The van der Waals surface area contributed by atoms with E-state index >= 15 is 0 Å². The van der Waals surface area contributed by atoms with E-state index in [0.717, 1.165) is 48.2 Å². The summed E-state index contributed by atoms with van der Waals surface area (Å²) in [5.74, 6) is -2.69. The third kappa shape index (κ3) is 13.1. The number of likely N-dealkylation sites (N-methyl/N-ethyl adjacent to an activating group) is 1. The predicted molar refractivity (Wildman–Crippen MR) is 226 cm³/mol. The lowest BCUT2D eigenvalue weighted by atomic mass is 9.87. The van der Waals surface area contributed by atoms with Crippen LogP contribution < -0.4 is 10.1 Å². The molecule has 2 saturated heterocycles. The highest BCUT2D eigenvalue weighted by Gasteiger charge is 2.53. The maximum Gasteiger partial charge on any atom is 0.303 e. The summed E-state index contributed by atoms with van der Waals surface area (Å²) in [4.78, 5) is 80.0. The van der Waals surface area contributed by atoms with Crippen LogP contribution in [0.15, 0.2) is 42.5 Å². The number of ether oxygens (including phenoxy) is 6. The number of piperazine rings is 1. The van der Waals surface area contributed by atoms with E-state index in [2.05, 4.69) is 17.1 Å². The number of nitrogens with zero attached hydrogens (tertiary/aromatic N) is 2. The van der Waals surface area contributed by atoms with Crippen LogP contribution in [0.5, 0.6) is 5.75 Å². The Balaban J connectivity index is 1.63. The van der Waals surface area contributed by atoms with Gasteiger partial charge in [0.1, 0.15) is 30.1 Å². The molecule has 334 valence electrons. The van der Waals surface area contributed by atoms with Crippen molar-refractivity contribution in [2.24, 2.45) is 5.41 Å². The molecule has 15 nitrogen and oxygen atoms in total. The van der Waals surface area contributed by atoms with Crippen molar-refractivity contribution in [2.45, 2.75) is 118 Å². The zero-order chi connectivity index (χ0) is 45.2. The summed E-state index contributed by atoms with van der Waals surface area (Å²) in [6.07, 6.45) is -0.386. The molecule has 0 aromatic heterocycles. The molecule has 5 atom stereocenters. The van der Waals surface area contributed by atoms with Crippen molar-refractivity contribution in [3.05, 3.63) is 70.3 Å². The minimum absolute atomic E-state index is 0.103. The largest absolute Gasteiger partial charge is 0.496 e. The zero-order valence-corrected chi connectivity index (χ0v) is 37.5. The minimum atomic E-state index is -1.33. The lowest BCUT2D eigenvalue weighted by molar-refractivity contribution is -0.254. The first-order chi connectivity index (χ1) is 28.6. The van der Waals surface area contributed by atoms with Crippen LogP contribution in [0.4, 0.5) is 0 Å². The molecule has 2 aromatic rings. The van der Waals surface area contributed by atoms with Crippen LogP contribution >= 0.6 is 0 Å². The van der Waals surface area contributed by atoms with Crippen LogP contribution in [0.1, 0.15) is 103 Å². The number of esters is 4. The Morgan fingerprint density at radius 1 is 0.803 bits per heavy atom. The molecule has 1 N–H and O–H groups in total. The van der Waals surface area contributed by atoms with E-state index < -0.39 is 65.4 Å². The Morgan fingerprint density at radius 3 is 1.95 bits per heavy atom. The standard InChI is InChI=1S/C46H63N3O12/c1-12-13-34-26-37(56-11)36(39-41(59-30(4)52)42(60-31(5)53)40(58-29(3)51)38(61-39)27-57-28(2)50)25-35(34)24-33-16-14-32(15-17-33)18-19-45(6,7)43(54)47-46(8,9)44(55)49-22-20-48(10)21-23-49/h14-19,25-26,38-42H,12-13,20-24,27H2,1-11H3,(H,47,54)/b19-18+/t38-,39+,40-,41+,42+/m1/s1. The molecule has 0 bridgehead atoms. The summed E-state index contributed by atoms with van der Waals surface area (Å²) in [5.41, 5.74) is 2.29. The van der Waals surface area contributed by atoms with Crippen molar-refractivity contribution >= 4 is 41.8 Å². The van der Waals surface area contributed by atoms with Crippen LogP contribution in [-0.2, 0) is 65.3 Å². The van der Waals surface area contributed by atoms with E-state index in [4.69, 9.17) is 28.4 Å². The van der Waals surface area contributed by atoms with Gasteiger partial charge in [0.15, 0.2) is 18.3 Å². The van der Waals surface area contributed by atoms with Crippen LogP contribution in [0.3, 0.4) is 0 Å². The van der Waals surface area contributed by atoms with Gasteiger partial charge in [-0.05, 0) is 82.0 Å². The molecule has 0 spiro atoms. The summed E-state index contributed by atoms with van der Waals surface area (Å²) in [6, 6.07) is 11.7. The summed E-state index contributed by atoms with van der Waals surface area (Å²) >= 11 is 0. The Hall–Kier alpha value is -5.28. The van der Waals surface area contributed by atoms with E-state index in [-0.39, 0.29) is 18.4 Å². The molecular formula is C46H63N3O12. The second kappa shape index (κ2) is 21.0. The average molecular weight is 850 g/mol. The number of rotatable bonds is 16. The van der Waals surface area contributed by atoms with Gasteiger partial charge in [-0.2, -0.15) is 0 Å². The van der Waals surface area contributed by atoms with Gasteiger partial charge in [-0.1, -0.05) is 49.8 Å². The van der Waals surface area contributed by atoms with Gasteiger partial charge in [0.25, 0.3) is 0 Å². The molecule has 2 heterocycles. The van der Waals surface area contributed by atoms with Crippen molar-refractivity contribution in [3.63, 3.8) is 0 Å². The number of hydrogen-bond acceptors (Lipinski definition) is 13. The fraction of sp³-hybridized carbons (Fsp3) is 0.565. The fourth-order valence-electron chi connectivity index (χ4n) is 7.48. The molecule has 2 amide bonds. The SMILES string of the molecule is CCCc1cc(OC)c([C@@H]2O[C@H](COC(C)=O)[C@@H](OC(C)=O)[C@H](OC(C)=O)[C@H]2OC(C)=O)cc1Cc1ccc(/C=C/C(C)(C)C(=O)NC(C)(C)C(=O)N2CCN(C)CC2)cc1. The van der Waals surface area contributed by atoms with Gasteiger partial charge in [-0.25, -0.2) is 0 Å². The maximum absolute atomic E-state index is 13.5. The van der Waals surface area contributed by atoms with Crippen LogP contribution in [0, 0.1) is 5.41 Å². The number of aryl methyl sites for hydroxylation is 1. The van der Waals surface area contributed by atoms with Gasteiger partial charge in [0.2, 0.25) is 11.8 Å². The van der Waals surface area contributed by atoms with Crippen molar-refractivity contribution in [1.29, 1.82) is 0 Å². The first-order valence-corrected chi connectivity index (χ1v) is 20.7. The maximum atomic E-state index is 13.5. The van der Waals surface area contributed by atoms with Crippen LogP contribution in [0.2, 0.25) is 0 Å². The van der Waals surface area contributed by atoms with Crippen LogP contribution in [-0.4, -0.2) is 122 Å². The van der Waals surface area contributed by atoms with Gasteiger partial charge < -0.3 is 43.5 Å². The second-order valence-corrected chi connectivity index (χ2v) is 16.9. The lowest BCUT2D eigenvalue weighted by Gasteiger charge is -2.45. The third-order valence-electron chi connectivity index (χ3n) is 10.8. The number of nitrogens with one attached hydrogen (secondary N) is 1. The van der Waals surface area contributed by atoms with Gasteiger partial charge in [-0.3, -0.25) is 28.8 Å². The summed E-state index contributed by atoms with van der Waals surface area (Å²) in [5, 5.41) is 2.98. The van der Waals surface area contributed by atoms with Crippen molar-refractivity contribution in [2.75, 3.05) is 46.9 Å². The fourth-order valence-corrected chi connectivity index (χ4v) is 7.48. The topological polar surface area (TPSA) is 176 Å². The molecular weight excluding hydrogens is 787 g/mol. The number of amides is 2. The first-order valence-electron chi connectivity index (χ1n) is 20.7. The van der Waals surface area contributed by atoms with Gasteiger partial charge >= 0.3 is 23.9 Å². The van der Waals surface area contributed by atoms with Crippen molar-refractivity contribution in [3.8, 4) is 5.75 Å². The van der Waals surface area contributed by atoms with E-state index in [9.17, 15) is 28.8 Å². The van der Waals surface area contributed by atoms with E-state index in [1.54, 1.807) is 18.7 Å². The highest BCUT2D eigenvalue weighted by Crippen LogP contribution is 2.42. The van der Waals surface area contributed by atoms with E-state index in [1.165, 1.54) is 34.8 Å². The monoisotopic (exact) mass is 849 g/mol. The smallest absolute Gasteiger partial charge is 0.303 e. The number of methoxy groups -OCH3 is 1. The second-order valence-electron chi connectivity index (χ2n) is 16.9. The number of carbonyl (C=O) groups excluding carboxylic acids is 6. The van der Waals surface area contributed by atoms with Gasteiger partial charge in [-0.15, -0.1) is 0 Å². The molecule has 0 radical (unpaired) electrons. The number of hydrogen-bond donors (Lipinski definition) is 1. The highest BCUT2D eigenvalue weighted by molar-refractivity contribution is 5.93. The van der Waals surface area contributed by atoms with Crippen molar-refractivity contribution < 1.29 is 57.2 Å². The van der Waals surface area contributed by atoms with E-state index in [0.29, 0.717) is 30.8 Å². The molecule has 0 aliphatic carbocycles. The molecule has 15 heteroatoms. The quantitative estimate of drug-likeness (QED) is 0.181. The first kappa shape index (κ1) is 48.4. The summed E-state index contributed by atoms with van der Waals surface area (Å²) in [7, 11) is 3.53. The Labute approximate surface area is 359 Å². The molecule has 61 heavy (non-hydrogen) atoms. The number of carbonyl (C=O) groups is 6. The predicted octanol–water partition coefficient (Wildman–Crippen LogP) is 4.74. The molecule has 4 rings (SSSR count). The molecule has 2 aliphatic rings. The molecule has 2 fully saturated rings. The average Bonchev–Trinajstić information content (AvgIpc) is 3.18. The van der Waals surface area contributed by atoms with Gasteiger partial charge in [0, 0.05) is 59.4 Å². The number of benzene rings is 2. The molecule has 0 saturated carbocycles. The Bertz CT molecular complexity index is 1930. The zero-order valence-electron chi connectivity index (χ0n) is 37.5. The van der Waals surface area contributed by atoms with Crippen molar-refractivity contribution in [1.82, 2.24) is 15.1 Å². The normalized spacial score (nSPS) is 21.0. The molecule has 2 aliphatic heterocycles. The highest BCUT2D eigenvalue weighted by atomic mass is 16.7. The van der Waals surface area contributed by atoms with Crippen LogP contribution in [0.25, 0.3) is 6.08 Å². The third-order valence-corrected chi connectivity index (χ3v) is 10.8. The molecule has 0 unspecified atom stereocenters. The summed E-state index contributed by atoms with van der Waals surface area (Å²) in [6.45, 7) is 16.4. The minimum Gasteiger partial charge on any atom is -0.496 e. The Morgan fingerprint density at radius 2 is 1.39 bits per heavy atom. The molecule has 2 aromatic carbocycles.